The number of aromatic carboxylic acids is 2. The van der Waals surface area contributed by atoms with E-state index in [4.69, 9.17) is 10.2 Å². The Balaban J connectivity index is 3.49. The van der Waals surface area contributed by atoms with Gasteiger partial charge >= 0.3 is 11.9 Å². The molecule has 0 radical (unpaired) electrons. The van der Waals surface area contributed by atoms with Crippen LogP contribution in [0.1, 0.15) is 26.3 Å². The Morgan fingerprint density at radius 3 is 2.21 bits per heavy atom. The molecule has 0 saturated carbocycles. The summed E-state index contributed by atoms with van der Waals surface area (Å²) in [5, 5.41) is 17.6. The number of halogens is 1. The van der Waals surface area contributed by atoms with Gasteiger partial charge in [0.2, 0.25) is 0 Å². The number of benzene rings is 1. The highest BCUT2D eigenvalue weighted by molar-refractivity contribution is 9.10. The zero-order valence-electron chi connectivity index (χ0n) is 7.24. The lowest BCUT2D eigenvalue weighted by Crippen LogP contribution is -2.06. The van der Waals surface area contributed by atoms with Crippen molar-refractivity contribution in [3.05, 3.63) is 33.3 Å². The van der Waals surface area contributed by atoms with Crippen molar-refractivity contribution in [2.24, 2.45) is 0 Å². The van der Waals surface area contributed by atoms with E-state index in [-0.39, 0.29) is 15.6 Å². The Bertz CT molecular complexity index is 412. The van der Waals surface area contributed by atoms with Gasteiger partial charge in [-0.2, -0.15) is 0 Å². The molecule has 0 bridgehead atoms. The molecule has 0 saturated heterocycles. The average molecular weight is 259 g/mol. The number of hydrogen-bond donors (Lipinski definition) is 2. The Hall–Kier alpha value is -1.36. The fraction of sp³-hybridized carbons (Fsp3) is 0.111. The van der Waals surface area contributed by atoms with Crippen LogP contribution in [0.3, 0.4) is 0 Å². The highest BCUT2D eigenvalue weighted by Crippen LogP contribution is 2.25. The molecule has 74 valence electrons. The predicted molar refractivity (Wildman–Crippen MR) is 52.8 cm³/mol. The van der Waals surface area contributed by atoms with Crippen molar-refractivity contribution in [3.63, 3.8) is 0 Å². The van der Waals surface area contributed by atoms with Gasteiger partial charge in [0.1, 0.15) is 0 Å². The smallest absolute Gasteiger partial charge is 0.337 e. The summed E-state index contributed by atoms with van der Waals surface area (Å²) in [6.45, 7) is 1.61. The van der Waals surface area contributed by atoms with Crippen LogP contribution in [0.5, 0.6) is 0 Å². The molecule has 2 N–H and O–H groups in total. The lowest BCUT2D eigenvalue weighted by molar-refractivity contribution is 0.0695. The molecule has 0 amide bonds. The molecule has 4 nitrogen and oxygen atoms in total. The van der Waals surface area contributed by atoms with Crippen molar-refractivity contribution in [3.8, 4) is 0 Å². The largest absolute Gasteiger partial charge is 0.478 e. The molecule has 0 aliphatic carbocycles. The topological polar surface area (TPSA) is 74.6 Å². The van der Waals surface area contributed by atoms with Gasteiger partial charge in [-0.3, -0.25) is 0 Å². The lowest BCUT2D eigenvalue weighted by atomic mass is 10.1. The van der Waals surface area contributed by atoms with Crippen LogP contribution in [-0.2, 0) is 0 Å². The second-order valence-corrected chi connectivity index (χ2v) is 3.52. The zero-order valence-corrected chi connectivity index (χ0v) is 8.83. The molecular weight excluding hydrogens is 252 g/mol. The molecule has 0 aliphatic heterocycles. The minimum atomic E-state index is -1.15. The third kappa shape index (κ3) is 1.77. The second-order valence-electron chi connectivity index (χ2n) is 2.73. The minimum absolute atomic E-state index is 0.00935. The standard InChI is InChI=1S/C9H7BrO4/c1-4-2-3-5(8(11)12)7(10)6(4)9(13)14/h2-3H,1H3,(H,11,12)(H,13,14). The van der Waals surface area contributed by atoms with Crippen LogP contribution in [0, 0.1) is 6.92 Å². The number of hydrogen-bond acceptors (Lipinski definition) is 2. The zero-order chi connectivity index (χ0) is 10.9. The van der Waals surface area contributed by atoms with Gasteiger partial charge in [0, 0.05) is 4.47 Å². The molecule has 0 unspecified atom stereocenters. The molecule has 0 aromatic heterocycles. The minimum Gasteiger partial charge on any atom is -0.478 e. The summed E-state index contributed by atoms with van der Waals surface area (Å²) in [6.07, 6.45) is 0. The second kappa shape index (κ2) is 3.79. The Morgan fingerprint density at radius 2 is 1.79 bits per heavy atom. The number of aryl methyl sites for hydroxylation is 1. The molecule has 1 rings (SSSR count). The fourth-order valence-corrected chi connectivity index (χ4v) is 1.88. The first-order valence-corrected chi connectivity index (χ1v) is 4.50. The van der Waals surface area contributed by atoms with Gasteiger partial charge in [-0.25, -0.2) is 9.59 Å². The third-order valence-electron chi connectivity index (χ3n) is 1.79. The van der Waals surface area contributed by atoms with Crippen molar-refractivity contribution in [1.82, 2.24) is 0 Å². The van der Waals surface area contributed by atoms with Crippen molar-refractivity contribution >= 4 is 27.9 Å². The van der Waals surface area contributed by atoms with Crippen LogP contribution >= 0.6 is 15.9 Å². The average Bonchev–Trinajstić information content (AvgIpc) is 2.02. The Labute approximate surface area is 88.3 Å². The maximum atomic E-state index is 10.8. The van der Waals surface area contributed by atoms with Crippen LogP contribution in [0.25, 0.3) is 0 Å². The van der Waals surface area contributed by atoms with Crippen LogP contribution in [-0.4, -0.2) is 22.2 Å². The molecule has 5 heteroatoms. The van der Waals surface area contributed by atoms with E-state index in [1.54, 1.807) is 6.92 Å². The first-order chi connectivity index (χ1) is 6.45. The molecule has 1 aromatic rings. The van der Waals surface area contributed by atoms with Crippen LogP contribution in [0.15, 0.2) is 16.6 Å². The van der Waals surface area contributed by atoms with Gasteiger partial charge in [0.05, 0.1) is 11.1 Å². The third-order valence-corrected chi connectivity index (χ3v) is 2.62. The van der Waals surface area contributed by atoms with E-state index in [0.29, 0.717) is 5.56 Å². The van der Waals surface area contributed by atoms with E-state index in [1.165, 1.54) is 12.1 Å². The number of carbonyl (C=O) groups is 2. The van der Waals surface area contributed by atoms with Crippen LogP contribution < -0.4 is 0 Å². The van der Waals surface area contributed by atoms with Gasteiger partial charge in [-0.05, 0) is 34.5 Å². The van der Waals surface area contributed by atoms with Gasteiger partial charge in [0.25, 0.3) is 0 Å². The van der Waals surface area contributed by atoms with Gasteiger partial charge in [-0.15, -0.1) is 0 Å². The Kier molecular flexibility index (Phi) is 2.90. The quantitative estimate of drug-likeness (QED) is 0.853. The van der Waals surface area contributed by atoms with Crippen molar-refractivity contribution in [1.29, 1.82) is 0 Å². The van der Waals surface area contributed by atoms with Crippen molar-refractivity contribution in [2.75, 3.05) is 0 Å². The van der Waals surface area contributed by atoms with Gasteiger partial charge < -0.3 is 10.2 Å². The van der Waals surface area contributed by atoms with Gasteiger partial charge in [-0.1, -0.05) is 6.07 Å². The molecule has 0 aliphatic rings. The van der Waals surface area contributed by atoms with E-state index in [0.717, 1.165) is 0 Å². The molecule has 1 aromatic carbocycles. The first-order valence-electron chi connectivity index (χ1n) is 3.71. The highest BCUT2D eigenvalue weighted by Gasteiger charge is 2.18. The fourth-order valence-electron chi connectivity index (χ4n) is 1.10. The molecule has 0 spiro atoms. The molecule has 14 heavy (non-hydrogen) atoms. The van der Waals surface area contributed by atoms with Crippen molar-refractivity contribution < 1.29 is 19.8 Å². The van der Waals surface area contributed by atoms with Crippen LogP contribution in [0.4, 0.5) is 0 Å². The summed E-state index contributed by atoms with van der Waals surface area (Å²) in [5.74, 6) is -2.29. The van der Waals surface area contributed by atoms with Crippen molar-refractivity contribution in [2.45, 2.75) is 6.92 Å². The summed E-state index contributed by atoms with van der Waals surface area (Å²) < 4.78 is 0.109. The van der Waals surface area contributed by atoms with E-state index in [1.807, 2.05) is 0 Å². The summed E-state index contributed by atoms with van der Waals surface area (Å²) in [7, 11) is 0. The number of carboxylic acid groups (broad SMARTS) is 2. The predicted octanol–water partition coefficient (Wildman–Crippen LogP) is 2.15. The molecule has 0 atom stereocenters. The number of rotatable bonds is 2. The first kappa shape index (κ1) is 10.7. The molecule has 0 heterocycles. The highest BCUT2D eigenvalue weighted by atomic mass is 79.9. The molecule has 0 fully saturated rings. The van der Waals surface area contributed by atoms with Gasteiger partial charge in [0.15, 0.2) is 0 Å². The summed E-state index contributed by atoms with van der Waals surface area (Å²) in [5.41, 5.74) is 0.465. The monoisotopic (exact) mass is 258 g/mol. The van der Waals surface area contributed by atoms with E-state index >= 15 is 0 Å². The maximum absolute atomic E-state index is 10.8. The Morgan fingerprint density at radius 1 is 1.21 bits per heavy atom. The summed E-state index contributed by atoms with van der Waals surface area (Å²) >= 11 is 2.97. The van der Waals surface area contributed by atoms with Crippen LogP contribution in [0.2, 0.25) is 0 Å². The van der Waals surface area contributed by atoms with E-state index < -0.39 is 11.9 Å². The van der Waals surface area contributed by atoms with E-state index in [2.05, 4.69) is 15.9 Å². The maximum Gasteiger partial charge on any atom is 0.337 e. The lowest BCUT2D eigenvalue weighted by Gasteiger charge is -2.06. The number of carboxylic acids is 2. The summed E-state index contributed by atoms with van der Waals surface area (Å²) in [4.78, 5) is 21.5. The van der Waals surface area contributed by atoms with E-state index in [9.17, 15) is 9.59 Å². The summed E-state index contributed by atoms with van der Waals surface area (Å²) in [6, 6.07) is 2.84. The molecular formula is C9H7BrO4. The normalized spacial score (nSPS) is 9.86. The SMILES string of the molecule is Cc1ccc(C(=O)O)c(Br)c1C(=O)O.